The molecular weight excluding hydrogens is 374 g/mol. The highest BCUT2D eigenvalue weighted by Crippen LogP contribution is 2.29. The normalized spacial score (nSPS) is 15.1. The van der Waals surface area contributed by atoms with E-state index in [4.69, 9.17) is 5.26 Å². The van der Waals surface area contributed by atoms with Crippen LogP contribution in [0.25, 0.3) is 0 Å². The summed E-state index contributed by atoms with van der Waals surface area (Å²) in [5.41, 5.74) is 3.57. The maximum Gasteiger partial charge on any atom is 0.254 e. The number of carbonyl (C=O) groups is 1. The fourth-order valence-corrected chi connectivity index (χ4v) is 4.10. The maximum atomic E-state index is 13.0. The van der Waals surface area contributed by atoms with Gasteiger partial charge in [-0.25, -0.2) is 8.42 Å². The third-order valence-electron chi connectivity index (χ3n) is 5.06. The van der Waals surface area contributed by atoms with Crippen LogP contribution in [0.4, 0.5) is 5.69 Å². The molecule has 3 rings (SSSR count). The second-order valence-electron chi connectivity index (χ2n) is 7.20. The van der Waals surface area contributed by atoms with Gasteiger partial charge in [-0.15, -0.1) is 0 Å². The van der Waals surface area contributed by atoms with Gasteiger partial charge in [-0.1, -0.05) is 18.2 Å². The van der Waals surface area contributed by atoms with Crippen molar-refractivity contribution in [1.29, 1.82) is 5.26 Å². The lowest BCUT2D eigenvalue weighted by Gasteiger charge is -2.32. The molecule has 0 unspecified atom stereocenters. The molecule has 2 aromatic carbocycles. The average Bonchev–Trinajstić information content (AvgIpc) is 2.68. The van der Waals surface area contributed by atoms with Crippen LogP contribution in [-0.4, -0.2) is 38.6 Å². The van der Waals surface area contributed by atoms with E-state index in [2.05, 4.69) is 10.8 Å². The lowest BCUT2D eigenvalue weighted by molar-refractivity contribution is 0.0712. The fraction of sp³-hybridized carbons (Fsp3) is 0.333. The lowest BCUT2D eigenvalue weighted by atomic mass is 9.88. The number of sulfonamides is 1. The zero-order chi connectivity index (χ0) is 20.3. The summed E-state index contributed by atoms with van der Waals surface area (Å²) in [4.78, 5) is 14.8. The molecule has 1 N–H and O–H groups in total. The predicted octanol–water partition coefficient (Wildman–Crippen LogP) is 3.26. The number of aryl methyl sites for hydroxylation is 1. The Bertz CT molecular complexity index is 1020. The first-order valence-corrected chi connectivity index (χ1v) is 11.0. The molecule has 7 heteroatoms. The first kappa shape index (κ1) is 19.9. The highest BCUT2D eigenvalue weighted by Gasteiger charge is 2.25. The molecule has 1 fully saturated rings. The Kier molecular flexibility index (Phi) is 5.71. The number of benzene rings is 2. The van der Waals surface area contributed by atoms with Crippen molar-refractivity contribution in [2.75, 3.05) is 24.1 Å². The molecule has 146 valence electrons. The van der Waals surface area contributed by atoms with Crippen molar-refractivity contribution in [3.05, 3.63) is 64.7 Å². The van der Waals surface area contributed by atoms with Crippen molar-refractivity contribution >= 4 is 21.6 Å². The molecule has 1 saturated heterocycles. The summed E-state index contributed by atoms with van der Waals surface area (Å²) in [6.07, 6.45) is 2.80. The van der Waals surface area contributed by atoms with Crippen molar-refractivity contribution in [1.82, 2.24) is 4.90 Å². The highest BCUT2D eigenvalue weighted by atomic mass is 32.2. The van der Waals surface area contributed by atoms with Gasteiger partial charge < -0.3 is 4.90 Å². The lowest BCUT2D eigenvalue weighted by Crippen LogP contribution is -2.38. The Morgan fingerprint density at radius 1 is 1.14 bits per heavy atom. The first-order chi connectivity index (χ1) is 13.3. The summed E-state index contributed by atoms with van der Waals surface area (Å²) >= 11 is 0. The molecular formula is C21H23N3O3S. The second kappa shape index (κ2) is 8.03. The monoisotopic (exact) mass is 397 g/mol. The van der Waals surface area contributed by atoms with Crippen LogP contribution in [0.1, 0.15) is 45.8 Å². The van der Waals surface area contributed by atoms with Crippen LogP contribution in [0.3, 0.4) is 0 Å². The summed E-state index contributed by atoms with van der Waals surface area (Å²) in [6.45, 7) is 3.14. The first-order valence-electron chi connectivity index (χ1n) is 9.14. The largest absolute Gasteiger partial charge is 0.339 e. The van der Waals surface area contributed by atoms with Crippen LogP contribution < -0.4 is 4.72 Å². The Balaban J connectivity index is 1.69. The molecule has 6 nitrogen and oxygen atoms in total. The van der Waals surface area contributed by atoms with Crippen molar-refractivity contribution in [2.45, 2.75) is 25.7 Å². The molecule has 0 aliphatic carbocycles. The zero-order valence-corrected chi connectivity index (χ0v) is 16.8. The molecule has 1 amide bonds. The quantitative estimate of drug-likeness (QED) is 0.857. The molecule has 0 atom stereocenters. The highest BCUT2D eigenvalue weighted by molar-refractivity contribution is 7.92. The van der Waals surface area contributed by atoms with Crippen LogP contribution in [0.2, 0.25) is 0 Å². The number of amides is 1. The van der Waals surface area contributed by atoms with Crippen molar-refractivity contribution in [3.63, 3.8) is 0 Å². The molecule has 0 saturated carbocycles. The van der Waals surface area contributed by atoms with E-state index in [0.29, 0.717) is 35.8 Å². The van der Waals surface area contributed by atoms with Gasteiger partial charge in [0.05, 0.1) is 17.9 Å². The van der Waals surface area contributed by atoms with Crippen molar-refractivity contribution in [2.24, 2.45) is 0 Å². The third kappa shape index (κ3) is 4.70. The van der Waals surface area contributed by atoms with Crippen LogP contribution in [0, 0.1) is 18.3 Å². The summed E-state index contributed by atoms with van der Waals surface area (Å²) < 4.78 is 25.3. The van der Waals surface area contributed by atoms with E-state index in [1.807, 2.05) is 36.1 Å². The number of hydrogen-bond donors (Lipinski definition) is 1. The fourth-order valence-electron chi connectivity index (χ4n) is 3.55. The number of nitrogens with zero attached hydrogens (tertiary/aromatic N) is 2. The van der Waals surface area contributed by atoms with E-state index >= 15 is 0 Å². The third-order valence-corrected chi connectivity index (χ3v) is 5.67. The van der Waals surface area contributed by atoms with Gasteiger partial charge in [-0.05, 0) is 61.1 Å². The van der Waals surface area contributed by atoms with E-state index in [9.17, 15) is 13.2 Å². The van der Waals surface area contributed by atoms with Crippen LogP contribution >= 0.6 is 0 Å². The van der Waals surface area contributed by atoms with Gasteiger partial charge in [0.2, 0.25) is 10.0 Å². The van der Waals surface area contributed by atoms with Crippen LogP contribution in [0.5, 0.6) is 0 Å². The van der Waals surface area contributed by atoms with E-state index in [-0.39, 0.29) is 5.91 Å². The van der Waals surface area contributed by atoms with E-state index in [1.165, 1.54) is 5.56 Å². The number of likely N-dealkylation sites (tertiary alicyclic amines) is 1. The number of rotatable bonds is 4. The molecule has 1 heterocycles. The van der Waals surface area contributed by atoms with E-state index in [1.54, 1.807) is 18.2 Å². The molecule has 2 aromatic rings. The molecule has 0 spiro atoms. The SMILES string of the molecule is Cc1ccc(NS(C)(=O)=O)cc1C(=O)N1CCC(c2ccc(C#N)cc2)CC1. The number of anilines is 1. The number of nitrogens with one attached hydrogen (secondary N) is 1. The average molecular weight is 398 g/mol. The van der Waals surface area contributed by atoms with Crippen LogP contribution in [-0.2, 0) is 10.0 Å². The number of carbonyl (C=O) groups excluding carboxylic acids is 1. The van der Waals surface area contributed by atoms with Gasteiger partial charge in [0.15, 0.2) is 0 Å². The predicted molar refractivity (Wildman–Crippen MR) is 109 cm³/mol. The second-order valence-corrected chi connectivity index (χ2v) is 8.95. The van der Waals surface area contributed by atoms with E-state index in [0.717, 1.165) is 24.7 Å². The Hall–Kier alpha value is -2.85. The standard InChI is InChI=1S/C21H23N3O3S/c1-15-3-8-19(23-28(2,26)27)13-20(15)21(25)24-11-9-18(10-12-24)17-6-4-16(14-22)5-7-17/h3-8,13,18,23H,9-12H2,1-2H3. The number of nitriles is 1. The topological polar surface area (TPSA) is 90.3 Å². The van der Waals surface area contributed by atoms with E-state index < -0.39 is 10.0 Å². The van der Waals surface area contributed by atoms with Gasteiger partial charge in [-0.2, -0.15) is 5.26 Å². The number of hydrogen-bond acceptors (Lipinski definition) is 4. The van der Waals surface area contributed by atoms with Crippen molar-refractivity contribution < 1.29 is 13.2 Å². The molecule has 0 aromatic heterocycles. The summed E-state index contributed by atoms with van der Waals surface area (Å²) in [5.74, 6) is 0.295. The molecule has 1 aliphatic rings. The smallest absolute Gasteiger partial charge is 0.254 e. The van der Waals surface area contributed by atoms with Gasteiger partial charge in [0.25, 0.3) is 5.91 Å². The molecule has 28 heavy (non-hydrogen) atoms. The Morgan fingerprint density at radius 3 is 2.36 bits per heavy atom. The van der Waals surface area contributed by atoms with Crippen molar-refractivity contribution in [3.8, 4) is 6.07 Å². The minimum atomic E-state index is -3.40. The molecule has 1 aliphatic heterocycles. The number of piperidine rings is 1. The van der Waals surface area contributed by atoms with Crippen LogP contribution in [0.15, 0.2) is 42.5 Å². The zero-order valence-electron chi connectivity index (χ0n) is 16.0. The summed E-state index contributed by atoms with van der Waals surface area (Å²) in [5, 5.41) is 8.92. The Labute approximate surface area is 165 Å². The summed E-state index contributed by atoms with van der Waals surface area (Å²) in [7, 11) is -3.40. The molecule has 0 bridgehead atoms. The van der Waals surface area contributed by atoms with Gasteiger partial charge in [0.1, 0.15) is 0 Å². The molecule has 0 radical (unpaired) electrons. The summed E-state index contributed by atoms with van der Waals surface area (Å²) in [6, 6.07) is 14.8. The van der Waals surface area contributed by atoms with Gasteiger partial charge in [0, 0.05) is 24.3 Å². The minimum Gasteiger partial charge on any atom is -0.339 e. The minimum absolute atomic E-state index is 0.0760. The maximum absolute atomic E-state index is 13.0. The van der Waals surface area contributed by atoms with Gasteiger partial charge in [-0.3, -0.25) is 9.52 Å². The van der Waals surface area contributed by atoms with Gasteiger partial charge >= 0.3 is 0 Å². The Morgan fingerprint density at radius 2 is 1.79 bits per heavy atom.